The molecule has 0 amide bonds. The summed E-state index contributed by atoms with van der Waals surface area (Å²) in [5.74, 6) is -1.46. The van der Waals surface area contributed by atoms with Crippen molar-refractivity contribution in [2.24, 2.45) is 5.92 Å². The average molecular weight is 260 g/mol. The molecule has 1 aromatic rings. The molecule has 0 aliphatic rings. The number of nitriles is 1. The van der Waals surface area contributed by atoms with Gasteiger partial charge in [0.25, 0.3) is 0 Å². The Kier molecular flexibility index (Phi) is 4.02. The number of hydrogen-bond acceptors (Lipinski definition) is 1. The van der Waals surface area contributed by atoms with Gasteiger partial charge in [-0.25, -0.2) is 8.78 Å². The molecule has 14 heavy (non-hydrogen) atoms. The fourth-order valence-corrected chi connectivity index (χ4v) is 1.52. The van der Waals surface area contributed by atoms with Gasteiger partial charge in [0.1, 0.15) is 11.6 Å². The summed E-state index contributed by atoms with van der Waals surface area (Å²) in [5, 5.41) is 9.16. The smallest absolute Gasteiger partial charge is 0.126 e. The van der Waals surface area contributed by atoms with E-state index >= 15 is 0 Å². The Morgan fingerprint density at radius 1 is 1.29 bits per heavy atom. The maximum absolute atomic E-state index is 12.8. The van der Waals surface area contributed by atoms with Gasteiger partial charge in [-0.1, -0.05) is 15.9 Å². The summed E-state index contributed by atoms with van der Waals surface area (Å²) in [4.78, 5) is 0. The first-order valence-electron chi connectivity index (χ1n) is 4.06. The van der Waals surface area contributed by atoms with Crippen molar-refractivity contribution in [1.82, 2.24) is 0 Å². The molecule has 0 bridgehead atoms. The van der Waals surface area contributed by atoms with E-state index in [9.17, 15) is 8.78 Å². The third-order valence-electron chi connectivity index (χ3n) is 1.77. The van der Waals surface area contributed by atoms with Crippen LogP contribution in [0.3, 0.4) is 0 Å². The van der Waals surface area contributed by atoms with Crippen LogP contribution in [0.2, 0.25) is 0 Å². The van der Waals surface area contributed by atoms with Crippen LogP contribution in [0.1, 0.15) is 5.56 Å². The topological polar surface area (TPSA) is 23.8 Å². The molecule has 0 saturated heterocycles. The van der Waals surface area contributed by atoms with Gasteiger partial charge in [0.2, 0.25) is 0 Å². The third kappa shape index (κ3) is 3.08. The molecule has 74 valence electrons. The minimum Gasteiger partial charge on any atom is -0.207 e. The van der Waals surface area contributed by atoms with Crippen molar-refractivity contribution in [3.05, 3.63) is 35.4 Å². The molecular weight excluding hydrogens is 252 g/mol. The lowest BCUT2D eigenvalue weighted by atomic mass is 10.0. The molecule has 4 heteroatoms. The molecule has 1 rings (SSSR count). The molecule has 0 saturated carbocycles. The van der Waals surface area contributed by atoms with E-state index in [1.165, 1.54) is 12.1 Å². The molecule has 0 heterocycles. The molecule has 0 spiro atoms. The van der Waals surface area contributed by atoms with Crippen LogP contribution < -0.4 is 0 Å². The average Bonchev–Trinajstić information content (AvgIpc) is 2.12. The summed E-state index contributed by atoms with van der Waals surface area (Å²) >= 11 is 3.16. The van der Waals surface area contributed by atoms with Gasteiger partial charge in [-0.2, -0.15) is 5.26 Å². The summed E-state index contributed by atoms with van der Waals surface area (Å²) in [6, 6.07) is 5.36. The van der Waals surface area contributed by atoms with Crippen LogP contribution in [0.5, 0.6) is 0 Å². The fraction of sp³-hybridized carbons (Fsp3) is 0.300. The maximum Gasteiger partial charge on any atom is 0.126 e. The summed E-state index contributed by atoms with van der Waals surface area (Å²) in [5.41, 5.74) is 0.508. The van der Waals surface area contributed by atoms with Gasteiger partial charge < -0.3 is 0 Å². The summed E-state index contributed by atoms with van der Waals surface area (Å²) in [6.45, 7) is 0. The number of nitrogens with zero attached hydrogens (tertiary/aromatic N) is 1. The zero-order valence-electron chi connectivity index (χ0n) is 7.30. The molecule has 0 N–H and O–H groups in total. The first-order chi connectivity index (χ1) is 6.65. The first-order valence-corrected chi connectivity index (χ1v) is 5.18. The summed E-state index contributed by atoms with van der Waals surface area (Å²) in [7, 11) is 0. The molecule has 1 unspecified atom stereocenters. The number of halogens is 3. The van der Waals surface area contributed by atoms with Gasteiger partial charge in [-0.15, -0.1) is 0 Å². The Labute approximate surface area is 89.5 Å². The molecule has 0 fully saturated rings. The van der Waals surface area contributed by atoms with Crippen LogP contribution in [-0.4, -0.2) is 5.33 Å². The van der Waals surface area contributed by atoms with Gasteiger partial charge in [0, 0.05) is 11.4 Å². The minimum atomic E-state index is -0.605. The summed E-state index contributed by atoms with van der Waals surface area (Å²) in [6.07, 6.45) is 0.358. The molecule has 0 radical (unpaired) electrons. The largest absolute Gasteiger partial charge is 0.207 e. The highest BCUT2D eigenvalue weighted by molar-refractivity contribution is 9.09. The van der Waals surface area contributed by atoms with Crippen LogP contribution in [0.25, 0.3) is 0 Å². The Hall–Kier alpha value is -0.950. The lowest BCUT2D eigenvalue weighted by molar-refractivity contribution is 0.577. The number of alkyl halides is 1. The van der Waals surface area contributed by atoms with E-state index in [1.807, 2.05) is 6.07 Å². The van der Waals surface area contributed by atoms with Crippen molar-refractivity contribution in [3.8, 4) is 6.07 Å². The second-order valence-corrected chi connectivity index (χ2v) is 3.61. The van der Waals surface area contributed by atoms with E-state index in [0.717, 1.165) is 6.07 Å². The maximum atomic E-state index is 12.8. The highest BCUT2D eigenvalue weighted by Crippen LogP contribution is 2.13. The summed E-state index contributed by atoms with van der Waals surface area (Å²) < 4.78 is 25.5. The number of benzene rings is 1. The van der Waals surface area contributed by atoms with Gasteiger partial charge in [-0.05, 0) is 24.1 Å². The van der Waals surface area contributed by atoms with E-state index in [2.05, 4.69) is 15.9 Å². The lowest BCUT2D eigenvalue weighted by Crippen LogP contribution is -2.03. The fourth-order valence-electron chi connectivity index (χ4n) is 1.15. The van der Waals surface area contributed by atoms with E-state index in [4.69, 9.17) is 5.26 Å². The number of rotatable bonds is 3. The van der Waals surface area contributed by atoms with E-state index < -0.39 is 11.6 Å². The predicted molar refractivity (Wildman–Crippen MR) is 53.0 cm³/mol. The predicted octanol–water partition coefficient (Wildman–Crippen LogP) is 3.04. The zero-order valence-corrected chi connectivity index (χ0v) is 8.89. The van der Waals surface area contributed by atoms with E-state index in [1.54, 1.807) is 0 Å². The first kappa shape index (κ1) is 11.1. The van der Waals surface area contributed by atoms with Crippen LogP contribution in [-0.2, 0) is 6.42 Å². The molecular formula is C10H8BrF2N. The normalized spacial score (nSPS) is 12.1. The highest BCUT2D eigenvalue weighted by Gasteiger charge is 2.08. The molecule has 1 atom stereocenters. The minimum absolute atomic E-state index is 0.254. The van der Waals surface area contributed by atoms with Crippen molar-refractivity contribution in [2.75, 3.05) is 5.33 Å². The van der Waals surface area contributed by atoms with E-state index in [-0.39, 0.29) is 5.92 Å². The van der Waals surface area contributed by atoms with Crippen LogP contribution in [0.4, 0.5) is 8.78 Å². The van der Waals surface area contributed by atoms with Crippen LogP contribution in [0, 0.1) is 28.9 Å². The van der Waals surface area contributed by atoms with Gasteiger partial charge in [0.15, 0.2) is 0 Å². The highest BCUT2D eigenvalue weighted by atomic mass is 79.9. The molecule has 0 aliphatic carbocycles. The lowest BCUT2D eigenvalue weighted by Gasteiger charge is -2.05. The molecule has 1 aromatic carbocycles. The Morgan fingerprint density at radius 2 is 1.86 bits per heavy atom. The second-order valence-electron chi connectivity index (χ2n) is 2.96. The van der Waals surface area contributed by atoms with Gasteiger partial charge >= 0.3 is 0 Å². The Bertz CT molecular complexity index is 339. The van der Waals surface area contributed by atoms with Gasteiger partial charge in [-0.3, -0.25) is 0 Å². The van der Waals surface area contributed by atoms with Gasteiger partial charge in [0.05, 0.1) is 12.0 Å². The molecule has 0 aromatic heterocycles. The third-order valence-corrected chi connectivity index (χ3v) is 2.55. The van der Waals surface area contributed by atoms with Crippen LogP contribution in [0.15, 0.2) is 18.2 Å². The standard InChI is InChI=1S/C10H8BrF2N/c11-5-8(6-14)1-7-2-9(12)4-10(13)3-7/h2-4,8H,1,5H2. The van der Waals surface area contributed by atoms with Crippen molar-refractivity contribution < 1.29 is 8.78 Å². The zero-order chi connectivity index (χ0) is 10.6. The Balaban J connectivity index is 2.82. The van der Waals surface area contributed by atoms with Crippen molar-refractivity contribution >= 4 is 15.9 Å². The second kappa shape index (κ2) is 5.06. The van der Waals surface area contributed by atoms with Crippen molar-refractivity contribution in [1.29, 1.82) is 5.26 Å². The van der Waals surface area contributed by atoms with Crippen molar-refractivity contribution in [2.45, 2.75) is 6.42 Å². The van der Waals surface area contributed by atoms with E-state index in [0.29, 0.717) is 17.3 Å². The molecule has 1 nitrogen and oxygen atoms in total. The number of hydrogen-bond donors (Lipinski definition) is 0. The van der Waals surface area contributed by atoms with Crippen molar-refractivity contribution in [3.63, 3.8) is 0 Å². The quantitative estimate of drug-likeness (QED) is 0.766. The van der Waals surface area contributed by atoms with Crippen LogP contribution >= 0.6 is 15.9 Å². The Morgan fingerprint density at radius 3 is 2.29 bits per heavy atom. The molecule has 0 aliphatic heterocycles. The monoisotopic (exact) mass is 259 g/mol. The SMILES string of the molecule is N#CC(CBr)Cc1cc(F)cc(F)c1.